The minimum atomic E-state index is -3.29. The number of H-pyrrole nitrogens is 1. The van der Waals surface area contributed by atoms with Crippen LogP contribution in [0.3, 0.4) is 0 Å². The van der Waals surface area contributed by atoms with E-state index in [0.29, 0.717) is 22.7 Å². The minimum absolute atomic E-state index is 0.146. The Labute approximate surface area is 257 Å². The normalized spacial score (nSPS) is 23.0. The second-order valence-electron chi connectivity index (χ2n) is 12.3. The van der Waals surface area contributed by atoms with Crippen molar-refractivity contribution in [3.63, 3.8) is 0 Å². The van der Waals surface area contributed by atoms with Gasteiger partial charge in [-0.2, -0.15) is 0 Å². The number of nitrogens with one attached hydrogen (secondary N) is 2. The highest BCUT2D eigenvalue weighted by molar-refractivity contribution is 6.72. The predicted octanol–water partition coefficient (Wildman–Crippen LogP) is 6.06. The number of aromatic amines is 1. The highest BCUT2D eigenvalue weighted by atomic mass is 28.4. The topological polar surface area (TPSA) is 104 Å². The molecule has 0 aliphatic carbocycles. The van der Waals surface area contributed by atoms with Gasteiger partial charge in [-0.25, -0.2) is 0 Å². The van der Waals surface area contributed by atoms with Crippen molar-refractivity contribution < 1.29 is 28.3 Å². The summed E-state index contributed by atoms with van der Waals surface area (Å²) in [5.41, 5.74) is 2.80. The van der Waals surface area contributed by atoms with Gasteiger partial charge in [0.15, 0.2) is 5.60 Å². The number of amides is 2. The molecule has 2 aliphatic heterocycles. The third-order valence-electron chi connectivity index (χ3n) is 9.16. The Kier molecular flexibility index (Phi) is 7.85. The van der Waals surface area contributed by atoms with E-state index in [2.05, 4.69) is 10.3 Å². The lowest BCUT2D eigenvalue weighted by Crippen LogP contribution is -2.45. The SMILES string of the molecule is COc1ccc2c(c1)[C@]1(O[C@@H](CCO)[C@H]([Si](C)(C)F)[C@H]1C)C(=O)N2Cc1cccc(NC(=O)Cc2c[nH]c3ccccc23)c1. The first-order valence-corrected chi connectivity index (χ1v) is 17.9. The van der Waals surface area contributed by atoms with Gasteiger partial charge in [0.2, 0.25) is 14.3 Å². The van der Waals surface area contributed by atoms with Gasteiger partial charge in [-0.3, -0.25) is 9.59 Å². The zero-order valence-corrected chi connectivity index (χ0v) is 26.4. The summed E-state index contributed by atoms with van der Waals surface area (Å²) < 4.78 is 27.9. The standard InChI is InChI=1S/C34H38FN3O5Si/c1-21-32(44(3,4)35)30(14-15-39)43-34(21)27-18-25(42-2)12-13-29(27)38(33(34)41)20-22-8-7-9-24(16-22)37-31(40)17-23-19-36-28-11-6-5-10-26(23)28/h5-13,16,18-19,21,30,32,36,39H,14-15,17,20H2,1-4H3,(H,37,40)/t21-,30+,32-,34+/m1/s1. The Morgan fingerprint density at radius 3 is 2.70 bits per heavy atom. The van der Waals surface area contributed by atoms with Crippen LogP contribution in [0.15, 0.2) is 72.9 Å². The predicted molar refractivity (Wildman–Crippen MR) is 171 cm³/mol. The molecular weight excluding hydrogens is 577 g/mol. The fourth-order valence-corrected chi connectivity index (χ4v) is 9.84. The quantitative estimate of drug-likeness (QED) is 0.157. The van der Waals surface area contributed by atoms with E-state index in [1.807, 2.05) is 73.8 Å². The molecule has 1 spiro atoms. The maximum absolute atomic E-state index is 15.8. The number of nitrogens with zero attached hydrogens (tertiary/aromatic N) is 1. The highest BCUT2D eigenvalue weighted by Gasteiger charge is 2.66. The number of aliphatic hydroxyl groups excluding tert-OH is 1. The van der Waals surface area contributed by atoms with Crippen LogP contribution < -0.4 is 15.0 Å². The number of halogens is 1. The van der Waals surface area contributed by atoms with Gasteiger partial charge in [0.05, 0.1) is 31.9 Å². The third kappa shape index (κ3) is 5.10. The largest absolute Gasteiger partial charge is 0.497 e. The first-order chi connectivity index (χ1) is 21.1. The number of rotatable bonds is 9. The van der Waals surface area contributed by atoms with Gasteiger partial charge in [0, 0.05) is 46.4 Å². The van der Waals surface area contributed by atoms with E-state index < -0.39 is 31.6 Å². The number of fused-ring (bicyclic) bond motifs is 3. The molecule has 1 fully saturated rings. The second kappa shape index (κ2) is 11.5. The lowest BCUT2D eigenvalue weighted by Gasteiger charge is -2.31. The molecule has 230 valence electrons. The summed E-state index contributed by atoms with van der Waals surface area (Å²) in [7, 11) is -1.73. The molecule has 3 heterocycles. The number of para-hydroxylation sites is 1. The molecule has 2 amide bonds. The zero-order valence-electron chi connectivity index (χ0n) is 25.4. The number of ether oxygens (including phenoxy) is 2. The van der Waals surface area contributed by atoms with Crippen LogP contribution in [0.2, 0.25) is 18.6 Å². The molecule has 6 rings (SSSR count). The van der Waals surface area contributed by atoms with Crippen LogP contribution in [-0.4, -0.2) is 50.1 Å². The van der Waals surface area contributed by atoms with Crippen molar-refractivity contribution >= 4 is 42.5 Å². The second-order valence-corrected chi connectivity index (χ2v) is 16.1. The van der Waals surface area contributed by atoms with Crippen LogP contribution in [0.5, 0.6) is 5.75 Å². The first kappa shape index (κ1) is 30.1. The monoisotopic (exact) mass is 615 g/mol. The molecule has 4 atom stereocenters. The average molecular weight is 616 g/mol. The van der Waals surface area contributed by atoms with Crippen LogP contribution in [-0.2, 0) is 32.9 Å². The summed E-state index contributed by atoms with van der Waals surface area (Å²) in [6.45, 7) is 5.25. The number of methoxy groups -OCH3 is 1. The molecule has 0 bridgehead atoms. The first-order valence-electron chi connectivity index (χ1n) is 15.0. The van der Waals surface area contributed by atoms with E-state index in [9.17, 15) is 14.7 Å². The van der Waals surface area contributed by atoms with Crippen molar-refractivity contribution in [3.05, 3.63) is 89.6 Å². The van der Waals surface area contributed by atoms with E-state index in [1.54, 1.807) is 31.2 Å². The Hall–Kier alpha value is -3.99. The third-order valence-corrected chi connectivity index (χ3v) is 11.6. The van der Waals surface area contributed by atoms with Gasteiger partial charge in [0.1, 0.15) is 5.75 Å². The molecule has 44 heavy (non-hydrogen) atoms. The molecule has 3 aromatic carbocycles. The molecular formula is C34H38FN3O5Si. The number of aliphatic hydroxyl groups is 1. The van der Waals surface area contributed by atoms with Gasteiger partial charge in [-0.15, -0.1) is 0 Å². The van der Waals surface area contributed by atoms with Crippen LogP contribution in [0.25, 0.3) is 10.9 Å². The fourth-order valence-electron chi connectivity index (χ4n) is 7.29. The van der Waals surface area contributed by atoms with E-state index in [0.717, 1.165) is 22.0 Å². The van der Waals surface area contributed by atoms with E-state index in [4.69, 9.17) is 9.47 Å². The molecule has 2 aliphatic rings. The molecule has 10 heteroatoms. The molecule has 3 N–H and O–H groups in total. The number of aromatic nitrogens is 1. The molecule has 4 aromatic rings. The van der Waals surface area contributed by atoms with Gasteiger partial charge in [-0.05, 0) is 67.0 Å². The molecule has 0 radical (unpaired) electrons. The van der Waals surface area contributed by atoms with Gasteiger partial charge in [-0.1, -0.05) is 37.3 Å². The molecule has 1 saturated heterocycles. The van der Waals surface area contributed by atoms with Crippen molar-refractivity contribution in [2.75, 3.05) is 23.9 Å². The lowest BCUT2D eigenvalue weighted by molar-refractivity contribution is -0.146. The van der Waals surface area contributed by atoms with E-state index >= 15 is 4.11 Å². The number of carbonyl (C=O) groups excluding carboxylic acids is 2. The van der Waals surface area contributed by atoms with Crippen molar-refractivity contribution in [1.82, 2.24) is 4.98 Å². The number of carbonyl (C=O) groups is 2. The molecule has 0 saturated carbocycles. The Balaban J connectivity index is 1.28. The maximum Gasteiger partial charge on any atom is 0.264 e. The summed E-state index contributed by atoms with van der Waals surface area (Å²) in [5.74, 6) is -0.282. The number of hydrogen-bond donors (Lipinski definition) is 3. The highest BCUT2D eigenvalue weighted by Crippen LogP contribution is 2.60. The van der Waals surface area contributed by atoms with Gasteiger partial charge < -0.3 is 33.9 Å². The zero-order chi connectivity index (χ0) is 31.2. The van der Waals surface area contributed by atoms with Gasteiger partial charge in [0.25, 0.3) is 5.91 Å². The van der Waals surface area contributed by atoms with E-state index in [-0.39, 0.29) is 37.8 Å². The van der Waals surface area contributed by atoms with E-state index in [1.165, 1.54) is 0 Å². The molecule has 0 unspecified atom stereocenters. The maximum atomic E-state index is 15.8. The van der Waals surface area contributed by atoms with Crippen LogP contribution in [0, 0.1) is 5.92 Å². The molecule has 8 nitrogen and oxygen atoms in total. The lowest BCUT2D eigenvalue weighted by atomic mass is 9.82. The van der Waals surface area contributed by atoms with Crippen molar-refractivity contribution in [2.45, 2.75) is 56.7 Å². The Bertz CT molecular complexity index is 1720. The summed E-state index contributed by atoms with van der Waals surface area (Å²) in [5, 5.41) is 13.8. The molecule has 1 aromatic heterocycles. The minimum Gasteiger partial charge on any atom is -0.497 e. The van der Waals surface area contributed by atoms with Crippen LogP contribution in [0.1, 0.15) is 30.0 Å². The Morgan fingerprint density at radius 1 is 1.16 bits per heavy atom. The van der Waals surface area contributed by atoms with Crippen molar-refractivity contribution in [1.29, 1.82) is 0 Å². The smallest absolute Gasteiger partial charge is 0.264 e. The summed E-state index contributed by atoms with van der Waals surface area (Å²) >= 11 is 0. The summed E-state index contributed by atoms with van der Waals surface area (Å²) in [6, 6.07) is 20.8. The van der Waals surface area contributed by atoms with Crippen molar-refractivity contribution in [3.8, 4) is 5.75 Å². The van der Waals surface area contributed by atoms with Gasteiger partial charge >= 0.3 is 0 Å². The fraction of sp³-hybridized carbons (Fsp3) is 0.353. The number of anilines is 2. The summed E-state index contributed by atoms with van der Waals surface area (Å²) in [4.78, 5) is 32.4. The Morgan fingerprint density at radius 2 is 1.95 bits per heavy atom. The van der Waals surface area contributed by atoms with Crippen LogP contribution in [0.4, 0.5) is 15.5 Å². The number of hydrogen-bond acceptors (Lipinski definition) is 5. The summed E-state index contributed by atoms with van der Waals surface area (Å²) in [6.07, 6.45) is 1.75. The van der Waals surface area contributed by atoms with Crippen LogP contribution >= 0.6 is 0 Å². The van der Waals surface area contributed by atoms with Crippen molar-refractivity contribution in [2.24, 2.45) is 5.92 Å². The number of benzene rings is 3. The average Bonchev–Trinajstić information content (AvgIpc) is 3.60.